The Morgan fingerprint density at radius 3 is 1.71 bits per heavy atom. The van der Waals surface area contributed by atoms with Gasteiger partial charge in [-0.3, -0.25) is 0 Å². The van der Waals surface area contributed by atoms with E-state index in [9.17, 15) is 0 Å². The molecular formula is C78H140O10Si4Sn. The zero-order valence-corrected chi connectivity index (χ0v) is 71.1. The number of hydrogen-bond acceptors (Lipinski definition) is 10. The Labute approximate surface area is 579 Å². The number of carbonyl (C=O) groups excluding carboxylic acids is 1. The SMILES string of the molecule is C=C[C@@]1(C)O[C@H]2[C@@H](O[Si](C)(C)C(C)(C)C)C[C@@]3(C)O[C@@H](CCCO[Si](c4ccccc4)(c4ccccc4)C(C)(C)C)[C@@H](C)C[C@@H]3O[C@@H]2C[C@@H]1OC(=O)CC[C@](C)(O[Si](C)(C)C(C)(C)C)[C@@H](CCCO[Si](C)(C)C(C)(C)C)O/C=C\[CH2][Sn]([CH2]CCC)([CH2]CCC)[CH2]CCC. The van der Waals surface area contributed by atoms with Gasteiger partial charge in [0.15, 0.2) is 8.32 Å². The van der Waals surface area contributed by atoms with Crippen LogP contribution < -0.4 is 10.4 Å². The van der Waals surface area contributed by atoms with Gasteiger partial charge in [-0.05, 0) is 72.6 Å². The Hall–Kier alpha value is -1.42. The van der Waals surface area contributed by atoms with Crippen LogP contribution in [0.25, 0.3) is 0 Å². The van der Waals surface area contributed by atoms with Crippen LogP contribution in [0.15, 0.2) is 85.7 Å². The molecule has 532 valence electrons. The van der Waals surface area contributed by atoms with Crippen molar-refractivity contribution in [2.24, 2.45) is 5.92 Å². The minimum absolute atomic E-state index is 0.00845. The van der Waals surface area contributed by atoms with Crippen molar-refractivity contribution < 1.29 is 46.2 Å². The third kappa shape index (κ3) is 21.3. The molecule has 93 heavy (non-hydrogen) atoms. The van der Waals surface area contributed by atoms with Gasteiger partial charge in [0.2, 0.25) is 0 Å². The summed E-state index contributed by atoms with van der Waals surface area (Å²) in [7, 11) is -9.55. The quantitative estimate of drug-likeness (QED) is 0.0218. The van der Waals surface area contributed by atoms with Crippen molar-refractivity contribution in [1.29, 1.82) is 0 Å². The van der Waals surface area contributed by atoms with Crippen molar-refractivity contribution >= 4 is 68.0 Å². The van der Waals surface area contributed by atoms with E-state index in [0.29, 0.717) is 32.5 Å². The normalized spacial score (nSPS) is 25.8. The summed E-state index contributed by atoms with van der Waals surface area (Å²) in [5, 5.41) is 2.43. The number of benzene rings is 2. The Morgan fingerprint density at radius 1 is 0.688 bits per heavy atom. The fourth-order valence-corrected chi connectivity index (χ4v) is 37.9. The molecule has 2 aromatic carbocycles. The molecule has 11 atom stereocenters. The van der Waals surface area contributed by atoms with Crippen LogP contribution in [0.3, 0.4) is 0 Å². The molecule has 3 heterocycles. The average Bonchev–Trinajstić information content (AvgIpc) is 1.74. The molecule has 3 aliphatic rings. The maximum absolute atomic E-state index is 15.0. The summed E-state index contributed by atoms with van der Waals surface area (Å²) in [5.41, 5.74) is -2.52. The minimum atomic E-state index is -2.71. The summed E-state index contributed by atoms with van der Waals surface area (Å²) >= 11 is -2.51. The molecule has 15 heteroatoms. The van der Waals surface area contributed by atoms with Gasteiger partial charge in [-0.1, -0.05) is 115 Å². The molecule has 10 nitrogen and oxygen atoms in total. The molecule has 0 unspecified atom stereocenters. The maximum atomic E-state index is 15.0. The Balaban J connectivity index is 1.44. The summed E-state index contributed by atoms with van der Waals surface area (Å²) in [4.78, 5) is 15.0. The summed E-state index contributed by atoms with van der Waals surface area (Å²) in [6.07, 6.45) is 17.3. The Morgan fingerprint density at radius 2 is 1.22 bits per heavy atom. The number of hydrogen-bond donors (Lipinski definition) is 0. The second kappa shape index (κ2) is 33.8. The van der Waals surface area contributed by atoms with E-state index in [4.69, 9.17) is 41.4 Å². The van der Waals surface area contributed by atoms with Crippen molar-refractivity contribution in [3.63, 3.8) is 0 Å². The number of unbranched alkanes of at least 4 members (excludes halogenated alkanes) is 3. The average molecular weight is 1470 g/mol. The van der Waals surface area contributed by atoms with E-state index in [1.165, 1.54) is 66.6 Å². The van der Waals surface area contributed by atoms with Crippen molar-refractivity contribution in [3.05, 3.63) is 85.7 Å². The molecule has 0 radical (unpaired) electrons. The number of carbonyl (C=O) groups is 1. The fourth-order valence-electron chi connectivity index (χ4n) is 14.2. The first-order valence-electron chi connectivity index (χ1n) is 37.0. The van der Waals surface area contributed by atoms with Crippen LogP contribution in [0.2, 0.25) is 77.2 Å². The van der Waals surface area contributed by atoms with Crippen molar-refractivity contribution in [1.82, 2.24) is 0 Å². The predicted molar refractivity (Wildman–Crippen MR) is 405 cm³/mol. The molecule has 0 aromatic heterocycles. The van der Waals surface area contributed by atoms with Crippen molar-refractivity contribution in [3.8, 4) is 0 Å². The summed E-state index contributed by atoms with van der Waals surface area (Å²) in [5.74, 6) is -0.0697. The van der Waals surface area contributed by atoms with Gasteiger partial charge in [-0.15, -0.1) is 6.58 Å². The second-order valence-electron chi connectivity index (χ2n) is 35.2. The standard InChI is InChI=1S/C66H113O10Si4.3C4H9.Sn/c1-25-43-68-55(40-34-44-69-77(19,20)60(4,5)6)65(17,76-79(23,24)62(10,11)12)42-41-58(67)72-57-47-53-59(74-64(57,16)26-2)54(75-78(21,22)61(7,8)9)48-66(18)56(71-53)46-49(3)52(73-66)39-33-45-70-80(63(13,14)15,50-35-29-27-30-36-50)51-37-31-28-32-38-51;3*1-3-4-2;/h25-32,35-38,43,49,52-57,59H,1-2,33-34,39-42,44-48H2,3-24H3;3*1,3-4H2,2H3;/b43-25-;;;;/t49-,52-,53+,54-,55+,56-,57-,59+,64+,65-,66+;;;;/m0..../s1. The summed E-state index contributed by atoms with van der Waals surface area (Å²) < 4.78 is 71.4. The first kappa shape index (κ1) is 82.2. The van der Waals surface area contributed by atoms with Crippen LogP contribution in [0.5, 0.6) is 0 Å². The van der Waals surface area contributed by atoms with E-state index >= 15 is 4.79 Å². The summed E-state index contributed by atoms with van der Waals surface area (Å²) in [6.45, 7) is 63.2. The Kier molecular flexibility index (Phi) is 29.9. The molecule has 0 saturated carbocycles. The van der Waals surface area contributed by atoms with Crippen LogP contribution in [0.1, 0.15) is 228 Å². The van der Waals surface area contributed by atoms with Crippen LogP contribution in [0.4, 0.5) is 0 Å². The van der Waals surface area contributed by atoms with E-state index in [0.717, 1.165) is 32.1 Å². The van der Waals surface area contributed by atoms with E-state index < -0.39 is 86.8 Å². The molecular weight excluding hydrogens is 1330 g/mol. The van der Waals surface area contributed by atoms with Gasteiger partial charge in [0.05, 0.1) is 30.0 Å². The third-order valence-electron chi connectivity index (χ3n) is 23.5. The van der Waals surface area contributed by atoms with Crippen molar-refractivity contribution in [2.45, 2.75) is 365 Å². The zero-order chi connectivity index (χ0) is 69.8. The van der Waals surface area contributed by atoms with E-state index in [2.05, 4.69) is 243 Å². The predicted octanol–water partition coefficient (Wildman–Crippen LogP) is 20.8. The van der Waals surface area contributed by atoms with Gasteiger partial charge in [0.1, 0.15) is 6.10 Å². The van der Waals surface area contributed by atoms with Gasteiger partial charge in [-0.25, -0.2) is 0 Å². The molecule has 0 spiro atoms. The molecule has 0 bridgehead atoms. The first-order valence-corrected chi connectivity index (χ1v) is 55.7. The number of ether oxygens (including phenoxy) is 5. The second-order valence-corrected chi connectivity index (χ2v) is 67.8. The molecule has 5 rings (SSSR count). The van der Waals surface area contributed by atoms with Crippen LogP contribution >= 0.6 is 0 Å². The van der Waals surface area contributed by atoms with Crippen LogP contribution in [0, 0.1) is 5.92 Å². The van der Waals surface area contributed by atoms with Crippen LogP contribution in [-0.4, -0.2) is 130 Å². The van der Waals surface area contributed by atoms with Gasteiger partial charge < -0.3 is 23.1 Å². The molecule has 0 N–H and O–H groups in total. The third-order valence-corrected chi connectivity index (χ3v) is 57.5. The van der Waals surface area contributed by atoms with Crippen molar-refractivity contribution in [2.75, 3.05) is 13.2 Å². The van der Waals surface area contributed by atoms with Crippen LogP contribution in [-0.2, 0) is 46.2 Å². The first-order chi connectivity index (χ1) is 43.0. The number of rotatable bonds is 35. The van der Waals surface area contributed by atoms with E-state index in [1.54, 1.807) is 0 Å². The fraction of sp³-hybridized carbons (Fsp3) is 0.782. The van der Waals surface area contributed by atoms with E-state index in [-0.39, 0.29) is 62.9 Å². The molecule has 0 amide bonds. The molecule has 3 fully saturated rings. The topological polar surface area (TPSA) is 100 Å². The molecule has 3 aliphatic heterocycles. The monoisotopic (exact) mass is 1470 g/mol. The Bertz CT molecular complexity index is 2550. The summed E-state index contributed by atoms with van der Waals surface area (Å²) in [6, 6.07) is 21.9. The molecule has 0 aliphatic carbocycles. The van der Waals surface area contributed by atoms with Gasteiger partial charge in [0, 0.05) is 13.0 Å². The number of allylic oxidation sites excluding steroid dienone is 1. The number of esters is 1. The molecule has 3 saturated heterocycles. The molecule has 2 aromatic rings. The number of fused-ring (bicyclic) bond motifs is 2. The van der Waals surface area contributed by atoms with Gasteiger partial charge in [0.25, 0.3) is 8.32 Å². The van der Waals surface area contributed by atoms with Gasteiger partial charge in [-0.2, -0.15) is 0 Å². The van der Waals surface area contributed by atoms with E-state index in [1.807, 2.05) is 13.0 Å². The van der Waals surface area contributed by atoms with Gasteiger partial charge >= 0.3 is 300 Å². The zero-order valence-electron chi connectivity index (χ0n) is 64.3.